The number of carbonyl (C=O) groups excluding carboxylic acids is 1. The van der Waals surface area contributed by atoms with E-state index in [-0.39, 0.29) is 17.9 Å². The Morgan fingerprint density at radius 2 is 2.11 bits per heavy atom. The molecule has 0 aliphatic carbocycles. The molecule has 4 heteroatoms. The van der Waals surface area contributed by atoms with E-state index in [0.717, 1.165) is 12.0 Å². The van der Waals surface area contributed by atoms with Gasteiger partial charge in [-0.15, -0.1) is 0 Å². The van der Waals surface area contributed by atoms with Gasteiger partial charge in [0.15, 0.2) is 0 Å². The van der Waals surface area contributed by atoms with Crippen molar-refractivity contribution in [1.82, 2.24) is 5.32 Å². The summed E-state index contributed by atoms with van der Waals surface area (Å²) >= 11 is 5.92. The van der Waals surface area contributed by atoms with Gasteiger partial charge >= 0.3 is 0 Å². The summed E-state index contributed by atoms with van der Waals surface area (Å²) in [5.74, 6) is 0.0633. The fraction of sp³-hybridized carbons (Fsp3) is 0.500. The van der Waals surface area contributed by atoms with E-state index in [4.69, 9.17) is 17.3 Å². The largest absolute Gasteiger partial charge is 0.348 e. The molecule has 0 saturated heterocycles. The number of halogens is 1. The number of nitrogens with one attached hydrogen (secondary N) is 1. The molecule has 0 radical (unpaired) electrons. The Labute approximate surface area is 114 Å². The summed E-state index contributed by atoms with van der Waals surface area (Å²) in [5.41, 5.74) is 6.87. The van der Waals surface area contributed by atoms with Crippen LogP contribution in [0.4, 0.5) is 0 Å². The standard InChI is InChI=1S/C14H21ClN2O/c1-4-9(2)13(16)14(18)17-10(3)11-6-5-7-12(15)8-11/h5-10,13H,4,16H2,1-3H3,(H,17,18)/t9-,10?,13-/m0/s1. The minimum absolute atomic E-state index is 0.0914. The van der Waals surface area contributed by atoms with E-state index in [2.05, 4.69) is 5.32 Å². The highest BCUT2D eigenvalue weighted by molar-refractivity contribution is 6.30. The molecule has 0 aliphatic heterocycles. The Bertz CT molecular complexity index is 409. The maximum atomic E-state index is 11.9. The molecule has 0 saturated carbocycles. The van der Waals surface area contributed by atoms with Gasteiger partial charge in [-0.2, -0.15) is 0 Å². The third-order valence-corrected chi connectivity index (χ3v) is 3.50. The normalized spacial score (nSPS) is 15.8. The second-order valence-electron chi connectivity index (χ2n) is 4.70. The lowest BCUT2D eigenvalue weighted by Crippen LogP contribution is -2.45. The molecule has 0 aromatic heterocycles. The molecule has 0 bridgehead atoms. The lowest BCUT2D eigenvalue weighted by Gasteiger charge is -2.21. The Kier molecular flexibility index (Phi) is 5.63. The van der Waals surface area contributed by atoms with E-state index < -0.39 is 6.04 Å². The van der Waals surface area contributed by atoms with Crippen LogP contribution in [-0.4, -0.2) is 11.9 Å². The van der Waals surface area contributed by atoms with E-state index in [9.17, 15) is 4.79 Å². The Balaban J connectivity index is 2.65. The van der Waals surface area contributed by atoms with Crippen LogP contribution in [0, 0.1) is 5.92 Å². The molecule has 0 fully saturated rings. The molecule has 0 spiro atoms. The first-order chi connectivity index (χ1) is 8.45. The zero-order valence-electron chi connectivity index (χ0n) is 11.1. The van der Waals surface area contributed by atoms with Gasteiger partial charge in [-0.3, -0.25) is 4.79 Å². The van der Waals surface area contributed by atoms with E-state index in [0.29, 0.717) is 5.02 Å². The summed E-state index contributed by atoms with van der Waals surface area (Å²) in [4.78, 5) is 11.9. The fourth-order valence-electron chi connectivity index (χ4n) is 1.68. The summed E-state index contributed by atoms with van der Waals surface area (Å²) in [6, 6.07) is 6.91. The van der Waals surface area contributed by atoms with Crippen molar-refractivity contribution in [3.8, 4) is 0 Å². The van der Waals surface area contributed by atoms with E-state index >= 15 is 0 Å². The number of nitrogens with two attached hydrogens (primary N) is 1. The molecular formula is C14H21ClN2O. The van der Waals surface area contributed by atoms with Gasteiger partial charge in [0.2, 0.25) is 5.91 Å². The SMILES string of the molecule is CC[C@H](C)[C@H](N)C(=O)NC(C)c1cccc(Cl)c1. The first-order valence-corrected chi connectivity index (χ1v) is 6.65. The van der Waals surface area contributed by atoms with E-state index in [1.165, 1.54) is 0 Å². The van der Waals surface area contributed by atoms with Crippen LogP contribution < -0.4 is 11.1 Å². The van der Waals surface area contributed by atoms with E-state index in [1.807, 2.05) is 45.0 Å². The lowest BCUT2D eigenvalue weighted by molar-refractivity contribution is -0.124. The second kappa shape index (κ2) is 6.76. The van der Waals surface area contributed by atoms with Gasteiger partial charge in [0.25, 0.3) is 0 Å². The van der Waals surface area contributed by atoms with Crippen molar-refractivity contribution in [2.45, 2.75) is 39.3 Å². The zero-order valence-corrected chi connectivity index (χ0v) is 11.9. The Morgan fingerprint density at radius 1 is 1.44 bits per heavy atom. The van der Waals surface area contributed by atoms with Crippen LogP contribution >= 0.6 is 11.6 Å². The fourth-order valence-corrected chi connectivity index (χ4v) is 1.88. The summed E-state index contributed by atoms with van der Waals surface area (Å²) < 4.78 is 0. The zero-order chi connectivity index (χ0) is 13.7. The first-order valence-electron chi connectivity index (χ1n) is 6.27. The van der Waals surface area contributed by atoms with Gasteiger partial charge in [-0.1, -0.05) is 44.0 Å². The molecule has 1 amide bonds. The van der Waals surface area contributed by atoms with Gasteiger partial charge in [0.05, 0.1) is 12.1 Å². The predicted octanol–water partition coefficient (Wildman–Crippen LogP) is 2.89. The molecule has 1 aromatic rings. The lowest BCUT2D eigenvalue weighted by atomic mass is 9.98. The molecule has 3 N–H and O–H groups in total. The predicted molar refractivity (Wildman–Crippen MR) is 75.4 cm³/mol. The molecular weight excluding hydrogens is 248 g/mol. The number of hydrogen-bond acceptors (Lipinski definition) is 2. The van der Waals surface area contributed by atoms with Gasteiger partial charge < -0.3 is 11.1 Å². The summed E-state index contributed by atoms with van der Waals surface area (Å²) in [7, 11) is 0. The van der Waals surface area contributed by atoms with Crippen LogP contribution in [-0.2, 0) is 4.79 Å². The van der Waals surface area contributed by atoms with Crippen molar-refractivity contribution >= 4 is 17.5 Å². The maximum absolute atomic E-state index is 11.9. The molecule has 100 valence electrons. The number of carbonyl (C=O) groups is 1. The molecule has 0 aliphatic rings. The molecule has 0 heterocycles. The highest BCUT2D eigenvalue weighted by Crippen LogP contribution is 2.17. The van der Waals surface area contributed by atoms with Crippen molar-refractivity contribution in [2.24, 2.45) is 11.7 Å². The van der Waals surface area contributed by atoms with Crippen molar-refractivity contribution in [2.75, 3.05) is 0 Å². The monoisotopic (exact) mass is 268 g/mol. The first kappa shape index (κ1) is 15.0. The summed E-state index contributed by atoms with van der Waals surface area (Å²) in [6.07, 6.45) is 0.889. The summed E-state index contributed by atoms with van der Waals surface area (Å²) in [5, 5.41) is 3.58. The Hall–Kier alpha value is -1.06. The number of benzene rings is 1. The average Bonchev–Trinajstić information content (AvgIpc) is 2.36. The third kappa shape index (κ3) is 4.00. The minimum atomic E-state index is -0.461. The van der Waals surface area contributed by atoms with Gasteiger partial charge in [0, 0.05) is 5.02 Å². The van der Waals surface area contributed by atoms with Crippen LogP contribution in [0.1, 0.15) is 38.8 Å². The molecule has 1 aromatic carbocycles. The van der Waals surface area contributed by atoms with Gasteiger partial charge in [-0.05, 0) is 30.5 Å². The summed E-state index contributed by atoms with van der Waals surface area (Å²) in [6.45, 7) is 5.93. The number of hydrogen-bond donors (Lipinski definition) is 2. The van der Waals surface area contributed by atoms with Crippen LogP contribution in [0.2, 0.25) is 5.02 Å². The molecule has 1 rings (SSSR count). The van der Waals surface area contributed by atoms with Crippen LogP contribution in [0.25, 0.3) is 0 Å². The van der Waals surface area contributed by atoms with Crippen LogP contribution in [0.3, 0.4) is 0 Å². The van der Waals surface area contributed by atoms with Gasteiger partial charge in [0.1, 0.15) is 0 Å². The number of rotatable bonds is 5. The highest BCUT2D eigenvalue weighted by Gasteiger charge is 2.21. The maximum Gasteiger partial charge on any atom is 0.237 e. The minimum Gasteiger partial charge on any atom is -0.348 e. The third-order valence-electron chi connectivity index (χ3n) is 3.27. The highest BCUT2D eigenvalue weighted by atomic mass is 35.5. The topological polar surface area (TPSA) is 55.1 Å². The van der Waals surface area contributed by atoms with Crippen molar-refractivity contribution in [3.05, 3.63) is 34.9 Å². The second-order valence-corrected chi connectivity index (χ2v) is 5.13. The Morgan fingerprint density at radius 3 is 2.67 bits per heavy atom. The molecule has 18 heavy (non-hydrogen) atoms. The molecule has 3 atom stereocenters. The van der Waals surface area contributed by atoms with Crippen molar-refractivity contribution < 1.29 is 4.79 Å². The number of amides is 1. The molecule has 3 nitrogen and oxygen atoms in total. The van der Waals surface area contributed by atoms with Crippen LogP contribution in [0.5, 0.6) is 0 Å². The van der Waals surface area contributed by atoms with Gasteiger partial charge in [-0.25, -0.2) is 0 Å². The van der Waals surface area contributed by atoms with Crippen molar-refractivity contribution in [1.29, 1.82) is 0 Å². The smallest absolute Gasteiger partial charge is 0.237 e. The molecule has 1 unspecified atom stereocenters. The van der Waals surface area contributed by atoms with Crippen molar-refractivity contribution in [3.63, 3.8) is 0 Å². The quantitative estimate of drug-likeness (QED) is 0.863. The van der Waals surface area contributed by atoms with E-state index in [1.54, 1.807) is 0 Å². The average molecular weight is 269 g/mol. The van der Waals surface area contributed by atoms with Crippen LogP contribution in [0.15, 0.2) is 24.3 Å².